The zero-order chi connectivity index (χ0) is 50.4. The average molecular weight is 969 g/mol. The molecule has 0 aliphatic heterocycles. The summed E-state index contributed by atoms with van der Waals surface area (Å²) in [5, 5.41) is 6.93. The van der Waals surface area contributed by atoms with Gasteiger partial charge in [-0.2, -0.15) is 0 Å². The molecule has 14 rings (SSSR count). The van der Waals surface area contributed by atoms with Crippen LogP contribution in [-0.2, 0) is 0 Å². The van der Waals surface area contributed by atoms with Crippen molar-refractivity contribution in [3.63, 3.8) is 0 Å². The van der Waals surface area contributed by atoms with Crippen LogP contribution in [0, 0.1) is 0 Å². The number of para-hydroxylation sites is 2. The number of fused-ring (bicyclic) bond motifs is 4. The predicted molar refractivity (Wildman–Crippen MR) is 312 cm³/mol. The molecule has 6 nitrogen and oxygen atoms in total. The maximum Gasteiger partial charge on any atom is 0.160 e. The molecular weight excluding hydrogens is 925 g/mol. The average Bonchev–Trinajstić information content (AvgIpc) is 3.51. The first-order valence-corrected chi connectivity index (χ1v) is 25.5. The fraction of sp³-hybridized carbons (Fsp3) is 0. The molecule has 6 heteroatoms. The van der Waals surface area contributed by atoms with Crippen molar-refractivity contribution in [3.05, 3.63) is 267 Å². The summed E-state index contributed by atoms with van der Waals surface area (Å²) in [5.74, 6) is 1.31. The van der Waals surface area contributed by atoms with Crippen molar-refractivity contribution >= 4 is 43.4 Å². The van der Waals surface area contributed by atoms with E-state index in [2.05, 4.69) is 243 Å². The molecule has 0 atom stereocenters. The number of hydrogen-bond donors (Lipinski definition) is 0. The Labute approximate surface area is 439 Å². The molecule has 354 valence electrons. The molecule has 0 aliphatic carbocycles. The molecule has 0 saturated heterocycles. The lowest BCUT2D eigenvalue weighted by Crippen LogP contribution is -1.96. The smallest absolute Gasteiger partial charge is 0.160 e. The van der Waals surface area contributed by atoms with Gasteiger partial charge in [0.15, 0.2) is 11.6 Å². The third-order valence-corrected chi connectivity index (χ3v) is 14.4. The van der Waals surface area contributed by atoms with Gasteiger partial charge in [-0.25, -0.2) is 19.9 Å². The molecule has 4 heterocycles. The molecule has 0 saturated carbocycles. The van der Waals surface area contributed by atoms with Crippen LogP contribution in [0.4, 0.5) is 0 Å². The van der Waals surface area contributed by atoms with Gasteiger partial charge in [0.25, 0.3) is 0 Å². The number of aromatic nitrogens is 6. The van der Waals surface area contributed by atoms with Gasteiger partial charge in [0, 0.05) is 67.7 Å². The molecule has 0 spiro atoms. The Bertz CT molecular complexity index is 4190. The van der Waals surface area contributed by atoms with E-state index in [1.807, 2.05) is 24.5 Å². The lowest BCUT2D eigenvalue weighted by molar-refractivity contribution is 1.18. The van der Waals surface area contributed by atoms with Gasteiger partial charge < -0.3 is 0 Å². The van der Waals surface area contributed by atoms with Crippen molar-refractivity contribution in [2.24, 2.45) is 0 Å². The minimum atomic E-state index is 0.657. The molecule has 0 aliphatic rings. The van der Waals surface area contributed by atoms with E-state index in [1.54, 1.807) is 0 Å². The van der Waals surface area contributed by atoms with E-state index < -0.39 is 0 Å². The Morgan fingerprint density at radius 3 is 0.934 bits per heavy atom. The molecule has 0 bridgehead atoms. The number of pyridine rings is 2. The van der Waals surface area contributed by atoms with Crippen LogP contribution in [-0.4, -0.2) is 29.9 Å². The second-order valence-electron chi connectivity index (χ2n) is 19.1. The van der Waals surface area contributed by atoms with Crippen LogP contribution >= 0.6 is 0 Å². The largest absolute Gasteiger partial charge is 0.256 e. The molecule has 0 N–H and O–H groups in total. The van der Waals surface area contributed by atoms with Crippen LogP contribution in [0.3, 0.4) is 0 Å². The van der Waals surface area contributed by atoms with Crippen molar-refractivity contribution in [3.8, 4) is 101 Å². The first-order valence-electron chi connectivity index (χ1n) is 25.5. The lowest BCUT2D eigenvalue weighted by Gasteiger charge is -2.12. The SMILES string of the molecule is c1ccc2cc(-c3cc(-c4ccc(-c5cccc6cccnc56)cc4)nc(-c4ccc(-c5ccc(-c6nc(-c7ccc(-c8cccc9cccnc89)cc7)cc(-c7ccc8ccccc8c7)n6)cc5)cc4)n3)ccc2c1. The van der Waals surface area contributed by atoms with Crippen LogP contribution in [0.5, 0.6) is 0 Å². The Kier molecular flexibility index (Phi) is 11.1. The highest BCUT2D eigenvalue weighted by molar-refractivity contribution is 5.95. The fourth-order valence-corrected chi connectivity index (χ4v) is 10.4. The molecule has 4 aromatic heterocycles. The molecule has 10 aromatic carbocycles. The predicted octanol–water partition coefficient (Wildman–Crippen LogP) is 17.7. The fourth-order valence-electron chi connectivity index (χ4n) is 10.4. The summed E-state index contributed by atoms with van der Waals surface area (Å²) in [6.45, 7) is 0. The highest BCUT2D eigenvalue weighted by Gasteiger charge is 2.16. The minimum absolute atomic E-state index is 0.657. The van der Waals surface area contributed by atoms with E-state index in [1.165, 1.54) is 10.8 Å². The zero-order valence-corrected chi connectivity index (χ0v) is 41.1. The van der Waals surface area contributed by atoms with E-state index in [4.69, 9.17) is 29.9 Å². The first-order chi connectivity index (χ1) is 37.6. The summed E-state index contributed by atoms with van der Waals surface area (Å²) in [4.78, 5) is 30.3. The number of nitrogens with zero attached hydrogens (tertiary/aromatic N) is 6. The maximum absolute atomic E-state index is 5.22. The molecule has 0 radical (unpaired) electrons. The normalized spacial score (nSPS) is 11.4. The van der Waals surface area contributed by atoms with Gasteiger partial charge in [0.1, 0.15) is 0 Å². The zero-order valence-electron chi connectivity index (χ0n) is 41.1. The Balaban J connectivity index is 0.791. The molecule has 76 heavy (non-hydrogen) atoms. The van der Waals surface area contributed by atoms with Crippen molar-refractivity contribution in [1.82, 2.24) is 29.9 Å². The summed E-state index contributed by atoms with van der Waals surface area (Å²) >= 11 is 0. The van der Waals surface area contributed by atoms with Gasteiger partial charge in [-0.1, -0.05) is 218 Å². The summed E-state index contributed by atoms with van der Waals surface area (Å²) in [6, 6.07) is 89.2. The Morgan fingerprint density at radius 2 is 0.513 bits per heavy atom. The van der Waals surface area contributed by atoms with E-state index >= 15 is 0 Å². The van der Waals surface area contributed by atoms with Gasteiger partial charge >= 0.3 is 0 Å². The quantitative estimate of drug-likeness (QED) is 0.143. The molecule has 14 aromatic rings. The van der Waals surface area contributed by atoms with Crippen LogP contribution < -0.4 is 0 Å². The van der Waals surface area contributed by atoms with Gasteiger partial charge in [0.2, 0.25) is 0 Å². The Hall–Kier alpha value is -10.3. The molecule has 0 unspecified atom stereocenters. The van der Waals surface area contributed by atoms with Crippen molar-refractivity contribution in [2.45, 2.75) is 0 Å². The highest BCUT2D eigenvalue weighted by atomic mass is 14.9. The van der Waals surface area contributed by atoms with Gasteiger partial charge in [-0.15, -0.1) is 0 Å². The monoisotopic (exact) mass is 968 g/mol. The van der Waals surface area contributed by atoms with Crippen LogP contribution in [0.2, 0.25) is 0 Å². The van der Waals surface area contributed by atoms with Gasteiger partial charge in [-0.05, 0) is 80.2 Å². The summed E-state index contributed by atoms with van der Waals surface area (Å²) in [5.41, 5.74) is 17.9. The highest BCUT2D eigenvalue weighted by Crippen LogP contribution is 2.36. The van der Waals surface area contributed by atoms with E-state index in [9.17, 15) is 0 Å². The third-order valence-electron chi connectivity index (χ3n) is 14.4. The summed E-state index contributed by atoms with van der Waals surface area (Å²) in [7, 11) is 0. The van der Waals surface area contributed by atoms with E-state index in [0.29, 0.717) is 11.6 Å². The lowest BCUT2D eigenvalue weighted by atomic mass is 9.99. The summed E-state index contributed by atoms with van der Waals surface area (Å²) < 4.78 is 0. The second kappa shape index (κ2) is 19.0. The Morgan fingerprint density at radius 1 is 0.197 bits per heavy atom. The van der Waals surface area contributed by atoms with E-state index in [-0.39, 0.29) is 0 Å². The van der Waals surface area contributed by atoms with Gasteiger partial charge in [0.05, 0.1) is 33.8 Å². The first kappa shape index (κ1) is 44.4. The van der Waals surface area contributed by atoms with Crippen LogP contribution in [0.15, 0.2) is 267 Å². The van der Waals surface area contributed by atoms with Crippen molar-refractivity contribution in [2.75, 3.05) is 0 Å². The summed E-state index contributed by atoms with van der Waals surface area (Å²) in [6.07, 6.45) is 3.70. The standard InChI is InChI=1S/C70H44N6/c1-3-11-57-41-59(37-23-45(57)9-1)65-43-63(51-29-25-49(26-30-51)61-17-5-13-53-15-7-39-71-67(53)61)73-69(75-65)55-33-19-47(20-34-55)48-21-35-56(36-22-48)70-74-64(44-66(76-70)60-38-24-46-10-2-4-12-58(46)42-60)52-31-27-50(28-32-52)62-18-6-14-54-16-8-40-72-68(54)62/h1-44H. The molecule has 0 fully saturated rings. The molecule has 0 amide bonds. The maximum atomic E-state index is 5.22. The number of rotatable bonds is 9. The number of benzene rings is 10. The topological polar surface area (TPSA) is 77.3 Å². The van der Waals surface area contributed by atoms with Crippen LogP contribution in [0.25, 0.3) is 145 Å². The number of hydrogen-bond acceptors (Lipinski definition) is 6. The minimum Gasteiger partial charge on any atom is -0.256 e. The van der Waals surface area contributed by atoms with Crippen molar-refractivity contribution < 1.29 is 0 Å². The third kappa shape index (κ3) is 8.49. The second-order valence-corrected chi connectivity index (χ2v) is 19.1. The van der Waals surface area contributed by atoms with Gasteiger partial charge in [-0.3, -0.25) is 9.97 Å². The van der Waals surface area contributed by atoms with E-state index in [0.717, 1.165) is 122 Å². The van der Waals surface area contributed by atoms with Crippen molar-refractivity contribution in [1.29, 1.82) is 0 Å². The molecular formula is C70H44N6. The van der Waals surface area contributed by atoms with Crippen LogP contribution in [0.1, 0.15) is 0 Å².